The van der Waals surface area contributed by atoms with Crippen molar-refractivity contribution in [1.82, 2.24) is 14.9 Å². The van der Waals surface area contributed by atoms with Crippen LogP contribution >= 0.6 is 0 Å². The first-order valence-corrected chi connectivity index (χ1v) is 11.6. The quantitative estimate of drug-likeness (QED) is 0.496. The first kappa shape index (κ1) is 24.1. The predicted octanol–water partition coefficient (Wildman–Crippen LogP) is 5.89. The standard InChI is InChI=1S/C25H34F2N4O/c1-4-10-25(11-5-2)12-13-31(17-25)23(32)21-15-28-24(29-16-21)30-18(3)20-8-6-19(7-9-20)14-22(26)27/h6-9,15-16,18,22H,4-5,10-14,17H2,1-3H3,(H,28,29,30). The van der Waals surface area contributed by atoms with Crippen molar-refractivity contribution in [2.24, 2.45) is 5.41 Å². The van der Waals surface area contributed by atoms with Crippen LogP contribution in [0.15, 0.2) is 36.7 Å². The van der Waals surface area contributed by atoms with Crippen molar-refractivity contribution in [2.75, 3.05) is 18.4 Å². The van der Waals surface area contributed by atoms with E-state index in [2.05, 4.69) is 29.1 Å². The van der Waals surface area contributed by atoms with Gasteiger partial charge in [0.05, 0.1) is 11.6 Å². The fraction of sp³-hybridized carbons (Fsp3) is 0.560. The zero-order chi connectivity index (χ0) is 23.1. The Labute approximate surface area is 189 Å². The molecule has 2 heterocycles. The molecule has 1 aliphatic heterocycles. The molecule has 0 aliphatic carbocycles. The number of halogens is 2. The van der Waals surface area contributed by atoms with Crippen LogP contribution in [-0.2, 0) is 6.42 Å². The van der Waals surface area contributed by atoms with E-state index in [1.165, 1.54) is 0 Å². The van der Waals surface area contributed by atoms with Crippen molar-refractivity contribution >= 4 is 11.9 Å². The van der Waals surface area contributed by atoms with Gasteiger partial charge in [-0.1, -0.05) is 51.0 Å². The summed E-state index contributed by atoms with van der Waals surface area (Å²) >= 11 is 0. The van der Waals surface area contributed by atoms with Crippen LogP contribution in [0.25, 0.3) is 0 Å². The van der Waals surface area contributed by atoms with Gasteiger partial charge in [-0.2, -0.15) is 0 Å². The van der Waals surface area contributed by atoms with Crippen molar-refractivity contribution < 1.29 is 13.6 Å². The fourth-order valence-electron chi connectivity index (χ4n) is 4.80. The Morgan fingerprint density at radius 1 is 1.12 bits per heavy atom. The molecule has 1 unspecified atom stereocenters. The molecule has 0 radical (unpaired) electrons. The summed E-state index contributed by atoms with van der Waals surface area (Å²) in [7, 11) is 0. The van der Waals surface area contributed by atoms with E-state index < -0.39 is 6.43 Å². The van der Waals surface area contributed by atoms with Gasteiger partial charge in [-0.3, -0.25) is 4.79 Å². The summed E-state index contributed by atoms with van der Waals surface area (Å²) in [5.74, 6) is 0.423. The number of anilines is 1. The van der Waals surface area contributed by atoms with E-state index in [0.717, 1.165) is 50.8 Å². The third-order valence-corrected chi connectivity index (χ3v) is 6.40. The van der Waals surface area contributed by atoms with Crippen molar-refractivity contribution in [2.45, 2.75) is 71.8 Å². The maximum Gasteiger partial charge on any atom is 0.257 e. The number of rotatable bonds is 10. The maximum atomic E-state index is 13.0. The molecule has 1 atom stereocenters. The molecule has 1 saturated heterocycles. The Morgan fingerprint density at radius 3 is 2.31 bits per heavy atom. The largest absolute Gasteiger partial charge is 0.348 e. The third-order valence-electron chi connectivity index (χ3n) is 6.40. The van der Waals surface area contributed by atoms with E-state index in [9.17, 15) is 13.6 Å². The molecular formula is C25H34F2N4O. The second kappa shape index (κ2) is 10.8. The monoisotopic (exact) mass is 444 g/mol. The van der Waals surface area contributed by atoms with Crippen LogP contribution in [0.5, 0.6) is 0 Å². The first-order chi connectivity index (χ1) is 15.4. The summed E-state index contributed by atoms with van der Waals surface area (Å²) in [5.41, 5.74) is 2.32. The molecule has 0 saturated carbocycles. The second-order valence-corrected chi connectivity index (χ2v) is 8.97. The van der Waals surface area contributed by atoms with Gasteiger partial charge in [0.1, 0.15) is 0 Å². The van der Waals surface area contributed by atoms with E-state index >= 15 is 0 Å². The maximum absolute atomic E-state index is 13.0. The zero-order valence-electron chi connectivity index (χ0n) is 19.3. The topological polar surface area (TPSA) is 58.1 Å². The molecule has 0 bridgehead atoms. The number of benzene rings is 1. The molecule has 174 valence electrons. The normalized spacial score (nSPS) is 16.4. The summed E-state index contributed by atoms with van der Waals surface area (Å²) in [6, 6.07) is 7.00. The average molecular weight is 445 g/mol. The van der Waals surface area contributed by atoms with Gasteiger partial charge in [-0.15, -0.1) is 0 Å². The molecule has 0 spiro atoms. The van der Waals surface area contributed by atoms with E-state index in [-0.39, 0.29) is 23.8 Å². The number of likely N-dealkylation sites (tertiary alicyclic amines) is 1. The minimum Gasteiger partial charge on any atom is -0.348 e. The Balaban J connectivity index is 1.59. The van der Waals surface area contributed by atoms with E-state index in [1.807, 2.05) is 24.0 Å². The van der Waals surface area contributed by atoms with Crippen molar-refractivity contribution in [3.05, 3.63) is 53.3 Å². The van der Waals surface area contributed by atoms with E-state index in [1.54, 1.807) is 24.5 Å². The SMILES string of the molecule is CCCC1(CCC)CCN(C(=O)c2cnc(NC(C)c3ccc(CC(F)F)cc3)nc2)C1. The number of amides is 1. The lowest BCUT2D eigenvalue weighted by Crippen LogP contribution is -2.32. The van der Waals surface area contributed by atoms with Crippen LogP contribution in [0.1, 0.15) is 80.4 Å². The summed E-state index contributed by atoms with van der Waals surface area (Å²) in [6.07, 6.45) is 6.23. The van der Waals surface area contributed by atoms with Crippen LogP contribution < -0.4 is 5.32 Å². The number of hydrogen-bond acceptors (Lipinski definition) is 4. The molecule has 32 heavy (non-hydrogen) atoms. The number of nitrogens with one attached hydrogen (secondary N) is 1. The highest BCUT2D eigenvalue weighted by molar-refractivity contribution is 5.94. The highest BCUT2D eigenvalue weighted by atomic mass is 19.3. The number of carbonyl (C=O) groups excluding carboxylic acids is 1. The fourth-order valence-corrected chi connectivity index (χ4v) is 4.80. The molecule has 1 aliphatic rings. The molecular weight excluding hydrogens is 410 g/mol. The lowest BCUT2D eigenvalue weighted by atomic mass is 9.78. The Hall–Kier alpha value is -2.57. The summed E-state index contributed by atoms with van der Waals surface area (Å²) in [4.78, 5) is 23.6. The van der Waals surface area contributed by atoms with Gasteiger partial charge in [0.25, 0.3) is 5.91 Å². The molecule has 1 N–H and O–H groups in total. The van der Waals surface area contributed by atoms with Crippen LogP contribution in [0.4, 0.5) is 14.7 Å². The summed E-state index contributed by atoms with van der Waals surface area (Å²) < 4.78 is 25.0. The first-order valence-electron chi connectivity index (χ1n) is 11.6. The molecule has 1 amide bonds. The van der Waals surface area contributed by atoms with Crippen LogP contribution in [0.3, 0.4) is 0 Å². The van der Waals surface area contributed by atoms with Crippen molar-refractivity contribution in [1.29, 1.82) is 0 Å². The molecule has 2 aromatic rings. The second-order valence-electron chi connectivity index (χ2n) is 8.97. The number of alkyl halides is 2. The lowest BCUT2D eigenvalue weighted by Gasteiger charge is -2.28. The van der Waals surface area contributed by atoms with Crippen molar-refractivity contribution in [3.8, 4) is 0 Å². The van der Waals surface area contributed by atoms with Crippen molar-refractivity contribution in [3.63, 3.8) is 0 Å². The van der Waals surface area contributed by atoms with Gasteiger partial charge in [-0.05, 0) is 42.7 Å². The van der Waals surface area contributed by atoms with E-state index in [4.69, 9.17) is 0 Å². The molecule has 3 rings (SSSR count). The molecule has 7 heteroatoms. The number of nitrogens with zero attached hydrogens (tertiary/aromatic N) is 3. The Morgan fingerprint density at radius 2 is 1.75 bits per heavy atom. The van der Waals surface area contributed by atoms with Crippen LogP contribution in [0.2, 0.25) is 0 Å². The third kappa shape index (κ3) is 6.02. The molecule has 5 nitrogen and oxygen atoms in total. The van der Waals surface area contributed by atoms with Crippen LogP contribution in [-0.4, -0.2) is 40.3 Å². The molecule has 1 aromatic heterocycles. The van der Waals surface area contributed by atoms with Gasteiger partial charge < -0.3 is 10.2 Å². The minimum absolute atomic E-state index is 0.00621. The average Bonchev–Trinajstić information content (AvgIpc) is 3.18. The Bertz CT molecular complexity index is 865. The molecule has 1 aromatic carbocycles. The van der Waals surface area contributed by atoms with Gasteiger partial charge in [0.15, 0.2) is 0 Å². The van der Waals surface area contributed by atoms with Gasteiger partial charge in [0.2, 0.25) is 12.4 Å². The highest BCUT2D eigenvalue weighted by Gasteiger charge is 2.38. The van der Waals surface area contributed by atoms with E-state index in [0.29, 0.717) is 17.1 Å². The smallest absolute Gasteiger partial charge is 0.257 e. The lowest BCUT2D eigenvalue weighted by molar-refractivity contribution is 0.0765. The molecule has 1 fully saturated rings. The van der Waals surface area contributed by atoms with Gasteiger partial charge >= 0.3 is 0 Å². The highest BCUT2D eigenvalue weighted by Crippen LogP contribution is 2.39. The number of hydrogen-bond donors (Lipinski definition) is 1. The minimum atomic E-state index is -2.35. The number of aromatic nitrogens is 2. The zero-order valence-corrected chi connectivity index (χ0v) is 19.3. The van der Waals surface area contributed by atoms with Gasteiger partial charge in [-0.25, -0.2) is 18.7 Å². The predicted molar refractivity (Wildman–Crippen MR) is 123 cm³/mol. The van der Waals surface area contributed by atoms with Gasteiger partial charge in [0, 0.05) is 31.9 Å². The van der Waals surface area contributed by atoms with Crippen LogP contribution in [0, 0.1) is 5.41 Å². The number of carbonyl (C=O) groups is 1. The Kier molecular flexibility index (Phi) is 8.15. The summed E-state index contributed by atoms with van der Waals surface area (Å²) in [5, 5.41) is 3.21. The summed E-state index contributed by atoms with van der Waals surface area (Å²) in [6.45, 7) is 7.97.